The largest absolute Gasteiger partial charge is 0.448 e. The van der Waals surface area contributed by atoms with Crippen molar-refractivity contribution in [3.05, 3.63) is 28.6 Å². The van der Waals surface area contributed by atoms with Crippen LogP contribution in [0.5, 0.6) is 0 Å². The molecule has 0 N–H and O–H groups in total. The second kappa shape index (κ2) is 4.39. The lowest BCUT2D eigenvalue weighted by molar-refractivity contribution is 0.112. The van der Waals surface area contributed by atoms with Crippen LogP contribution in [0.25, 0.3) is 11.5 Å². The van der Waals surface area contributed by atoms with Crippen molar-refractivity contribution in [2.45, 2.75) is 25.8 Å². The summed E-state index contributed by atoms with van der Waals surface area (Å²) in [7, 11) is 0. The van der Waals surface area contributed by atoms with Gasteiger partial charge in [-0.1, -0.05) is 0 Å². The first-order chi connectivity index (χ1) is 8.69. The molecular weight excluding hydrogens is 296 g/mol. The third kappa shape index (κ3) is 2.03. The van der Waals surface area contributed by atoms with Crippen LogP contribution in [-0.2, 0) is 0 Å². The molecule has 1 atom stereocenters. The minimum absolute atomic E-state index is 0.343. The highest BCUT2D eigenvalue weighted by Crippen LogP contribution is 2.39. The summed E-state index contributed by atoms with van der Waals surface area (Å²) >= 11 is 3.26. The monoisotopic (exact) mass is 308 g/mol. The molecule has 1 fully saturated rings. The smallest absolute Gasteiger partial charge is 0.169 e. The summed E-state index contributed by atoms with van der Waals surface area (Å²) in [6.45, 7) is 2.14. The van der Waals surface area contributed by atoms with Crippen LogP contribution >= 0.6 is 15.9 Å². The van der Waals surface area contributed by atoms with E-state index in [-0.39, 0.29) is 0 Å². The van der Waals surface area contributed by atoms with Crippen molar-refractivity contribution in [1.82, 2.24) is 9.78 Å². The number of halogens is 1. The zero-order valence-corrected chi connectivity index (χ0v) is 11.6. The summed E-state index contributed by atoms with van der Waals surface area (Å²) < 4.78 is 7.98. The molecule has 1 aliphatic carbocycles. The van der Waals surface area contributed by atoms with Crippen LogP contribution in [0.15, 0.2) is 27.4 Å². The van der Waals surface area contributed by atoms with Gasteiger partial charge in [-0.25, -0.2) is 0 Å². The van der Waals surface area contributed by atoms with Crippen LogP contribution in [0.4, 0.5) is 0 Å². The lowest BCUT2D eigenvalue weighted by Crippen LogP contribution is -2.07. The minimum Gasteiger partial charge on any atom is -0.448 e. The highest BCUT2D eigenvalue weighted by molar-refractivity contribution is 9.10. The highest BCUT2D eigenvalue weighted by atomic mass is 79.9. The van der Waals surface area contributed by atoms with Crippen molar-refractivity contribution >= 4 is 22.2 Å². The molecule has 18 heavy (non-hydrogen) atoms. The molecule has 2 heterocycles. The Morgan fingerprint density at radius 3 is 2.89 bits per heavy atom. The summed E-state index contributed by atoms with van der Waals surface area (Å²) in [5.74, 6) is 1.31. The summed E-state index contributed by atoms with van der Waals surface area (Å²) in [5.41, 5.74) is 1.19. The number of aldehydes is 1. The van der Waals surface area contributed by atoms with Gasteiger partial charge in [0.25, 0.3) is 0 Å². The third-order valence-corrected chi connectivity index (χ3v) is 3.84. The number of furan rings is 1. The molecular formula is C13H13BrN2O2. The van der Waals surface area contributed by atoms with Crippen LogP contribution in [0.3, 0.4) is 0 Å². The normalized spacial score (nSPS) is 16.8. The first kappa shape index (κ1) is 11.7. The van der Waals surface area contributed by atoms with Gasteiger partial charge in [0.1, 0.15) is 5.69 Å². The predicted octanol–water partition coefficient (Wildman–Crippen LogP) is 3.69. The molecule has 0 aromatic carbocycles. The van der Waals surface area contributed by atoms with Crippen molar-refractivity contribution in [2.24, 2.45) is 5.92 Å². The zero-order chi connectivity index (χ0) is 12.7. The van der Waals surface area contributed by atoms with Crippen molar-refractivity contribution in [3.63, 3.8) is 0 Å². The van der Waals surface area contributed by atoms with Crippen molar-refractivity contribution < 1.29 is 9.21 Å². The third-order valence-electron chi connectivity index (χ3n) is 3.42. The summed E-state index contributed by atoms with van der Waals surface area (Å²) in [4.78, 5) is 11.1. The van der Waals surface area contributed by atoms with E-state index in [1.165, 1.54) is 12.8 Å². The fourth-order valence-corrected chi connectivity index (χ4v) is 2.43. The number of carbonyl (C=O) groups excluding carboxylic acids is 1. The van der Waals surface area contributed by atoms with E-state index < -0.39 is 0 Å². The Morgan fingerprint density at radius 2 is 2.33 bits per heavy atom. The van der Waals surface area contributed by atoms with Crippen LogP contribution in [0.1, 0.15) is 36.2 Å². The van der Waals surface area contributed by atoms with Gasteiger partial charge in [-0.15, -0.1) is 0 Å². The molecule has 4 nitrogen and oxygen atoms in total. The maximum atomic E-state index is 11.1. The summed E-state index contributed by atoms with van der Waals surface area (Å²) in [5, 5.41) is 4.50. The second-order valence-electron chi connectivity index (χ2n) is 4.71. The lowest BCUT2D eigenvalue weighted by atomic mass is 10.2. The van der Waals surface area contributed by atoms with Gasteiger partial charge in [-0.2, -0.15) is 5.10 Å². The fraction of sp³-hybridized carbons (Fsp3) is 0.385. The number of carbonyl (C=O) groups is 1. The molecule has 1 unspecified atom stereocenters. The Kier molecular flexibility index (Phi) is 2.86. The molecule has 1 saturated carbocycles. The van der Waals surface area contributed by atoms with Crippen LogP contribution in [-0.4, -0.2) is 16.1 Å². The van der Waals surface area contributed by atoms with Gasteiger partial charge in [0.15, 0.2) is 16.7 Å². The minimum atomic E-state index is 0.343. The Balaban J connectivity index is 2.00. The van der Waals surface area contributed by atoms with E-state index in [4.69, 9.17) is 4.42 Å². The molecule has 3 rings (SSSR count). The van der Waals surface area contributed by atoms with Gasteiger partial charge < -0.3 is 4.42 Å². The topological polar surface area (TPSA) is 48.0 Å². The quantitative estimate of drug-likeness (QED) is 0.809. The average Bonchev–Trinajstić information content (AvgIpc) is 2.98. The van der Waals surface area contributed by atoms with E-state index in [1.807, 2.05) is 16.9 Å². The van der Waals surface area contributed by atoms with E-state index in [0.29, 0.717) is 33.6 Å². The van der Waals surface area contributed by atoms with Crippen molar-refractivity contribution in [2.75, 3.05) is 0 Å². The first-order valence-corrected chi connectivity index (χ1v) is 6.78. The highest BCUT2D eigenvalue weighted by Gasteiger charge is 2.30. The Hall–Kier alpha value is -1.36. The SMILES string of the molecule is CC(C1CC1)n1cc(C=O)c(-c2ccc(Br)o2)n1. The van der Waals surface area contributed by atoms with E-state index >= 15 is 0 Å². The molecule has 0 amide bonds. The number of rotatable bonds is 4. The number of hydrogen-bond acceptors (Lipinski definition) is 3. The van der Waals surface area contributed by atoms with E-state index in [2.05, 4.69) is 28.0 Å². The molecule has 2 aromatic rings. The fourth-order valence-electron chi connectivity index (χ4n) is 2.13. The van der Waals surface area contributed by atoms with Crippen LogP contribution in [0, 0.1) is 5.92 Å². The predicted molar refractivity (Wildman–Crippen MR) is 70.5 cm³/mol. The van der Waals surface area contributed by atoms with Crippen molar-refractivity contribution in [3.8, 4) is 11.5 Å². The standard InChI is InChI=1S/C13H13BrN2O2/c1-8(9-2-3-9)16-6-10(7-17)13(15-16)11-4-5-12(14)18-11/h4-9H,2-3H2,1H3. The van der Waals surface area contributed by atoms with E-state index in [1.54, 1.807) is 6.07 Å². The molecule has 0 radical (unpaired) electrons. The molecule has 94 valence electrons. The average molecular weight is 309 g/mol. The van der Waals surface area contributed by atoms with Gasteiger partial charge in [0.2, 0.25) is 0 Å². The van der Waals surface area contributed by atoms with Gasteiger partial charge in [-0.3, -0.25) is 9.48 Å². The maximum absolute atomic E-state index is 11.1. The number of nitrogens with zero attached hydrogens (tertiary/aromatic N) is 2. The maximum Gasteiger partial charge on any atom is 0.169 e. The molecule has 0 spiro atoms. The number of aromatic nitrogens is 2. The van der Waals surface area contributed by atoms with E-state index in [9.17, 15) is 4.79 Å². The van der Waals surface area contributed by atoms with Crippen LogP contribution in [0.2, 0.25) is 0 Å². The van der Waals surface area contributed by atoms with E-state index in [0.717, 1.165) is 6.29 Å². The van der Waals surface area contributed by atoms with Gasteiger partial charge in [0.05, 0.1) is 11.6 Å². The number of hydrogen-bond donors (Lipinski definition) is 0. The molecule has 1 aliphatic rings. The Morgan fingerprint density at radius 1 is 1.56 bits per heavy atom. The summed E-state index contributed by atoms with van der Waals surface area (Å²) in [6, 6.07) is 3.95. The van der Waals surface area contributed by atoms with Gasteiger partial charge in [-0.05, 0) is 53.7 Å². The second-order valence-corrected chi connectivity index (χ2v) is 5.49. The lowest BCUT2D eigenvalue weighted by Gasteiger charge is -2.09. The molecule has 2 aromatic heterocycles. The van der Waals surface area contributed by atoms with Gasteiger partial charge >= 0.3 is 0 Å². The first-order valence-electron chi connectivity index (χ1n) is 5.99. The molecule has 5 heteroatoms. The van der Waals surface area contributed by atoms with Gasteiger partial charge in [0, 0.05) is 6.20 Å². The molecule has 0 aliphatic heterocycles. The summed E-state index contributed by atoms with van der Waals surface area (Å²) in [6.07, 6.45) is 5.13. The Bertz CT molecular complexity index is 584. The zero-order valence-electron chi connectivity index (χ0n) is 9.97. The van der Waals surface area contributed by atoms with Crippen LogP contribution < -0.4 is 0 Å². The molecule has 0 bridgehead atoms. The molecule has 0 saturated heterocycles. The Labute approximate surface area is 113 Å². The van der Waals surface area contributed by atoms with Crippen molar-refractivity contribution in [1.29, 1.82) is 0 Å².